The van der Waals surface area contributed by atoms with Crippen molar-refractivity contribution in [1.82, 2.24) is 0 Å². The summed E-state index contributed by atoms with van der Waals surface area (Å²) in [5, 5.41) is 8.71. The fourth-order valence-corrected chi connectivity index (χ4v) is 2.64. The summed E-state index contributed by atoms with van der Waals surface area (Å²) < 4.78 is 0. The summed E-state index contributed by atoms with van der Waals surface area (Å²) in [6, 6.07) is 2.32. The van der Waals surface area contributed by atoms with Gasteiger partial charge in [0.2, 0.25) is 0 Å². The molecule has 0 aromatic heterocycles. The Bertz CT molecular complexity index is 218. The van der Waals surface area contributed by atoms with Crippen LogP contribution in [0, 0.1) is 35.0 Å². The highest BCUT2D eigenvalue weighted by atomic mass is 16.1. The minimum atomic E-state index is 0.260. The average Bonchev–Trinajstić information content (AvgIpc) is 2.60. The molecule has 2 bridgehead atoms. The highest BCUT2D eigenvalue weighted by Crippen LogP contribution is 2.50. The van der Waals surface area contributed by atoms with Crippen molar-refractivity contribution in [3.8, 4) is 6.07 Å². The van der Waals surface area contributed by atoms with Crippen LogP contribution in [0.15, 0.2) is 0 Å². The van der Waals surface area contributed by atoms with Crippen molar-refractivity contribution in [2.24, 2.45) is 23.7 Å². The number of aldehydes is 1. The Labute approximate surface area is 66.2 Å². The van der Waals surface area contributed by atoms with Crippen molar-refractivity contribution >= 4 is 6.29 Å². The van der Waals surface area contributed by atoms with E-state index in [9.17, 15) is 4.79 Å². The maximum atomic E-state index is 10.5. The molecule has 0 unspecified atom stereocenters. The normalized spacial score (nSPS) is 47.2. The second kappa shape index (κ2) is 2.34. The second-order valence-corrected chi connectivity index (χ2v) is 3.76. The molecule has 0 saturated heterocycles. The molecule has 11 heavy (non-hydrogen) atoms. The standard InChI is InChI=1S/C9H11NO/c10-4-8-2-7-1-6(8)3-9(7)5-11/h5-9H,1-3H2/t6-,7+,8-,9-/m0/s1. The molecule has 2 fully saturated rings. The van der Waals surface area contributed by atoms with E-state index in [0.717, 1.165) is 25.5 Å². The predicted molar refractivity (Wildman–Crippen MR) is 39.5 cm³/mol. The topological polar surface area (TPSA) is 40.9 Å². The first-order valence-electron chi connectivity index (χ1n) is 4.20. The molecule has 4 atom stereocenters. The fourth-order valence-electron chi connectivity index (χ4n) is 2.64. The molecule has 2 aliphatic carbocycles. The van der Waals surface area contributed by atoms with Crippen LogP contribution in [0.4, 0.5) is 0 Å². The highest BCUT2D eigenvalue weighted by Gasteiger charge is 2.45. The average molecular weight is 149 g/mol. The molecule has 0 radical (unpaired) electrons. The number of nitriles is 1. The first-order valence-corrected chi connectivity index (χ1v) is 4.20. The Hall–Kier alpha value is -0.840. The number of rotatable bonds is 1. The number of fused-ring (bicyclic) bond motifs is 2. The van der Waals surface area contributed by atoms with E-state index in [1.807, 2.05) is 0 Å². The maximum absolute atomic E-state index is 10.5. The van der Waals surface area contributed by atoms with E-state index >= 15 is 0 Å². The lowest BCUT2D eigenvalue weighted by Crippen LogP contribution is -2.17. The van der Waals surface area contributed by atoms with Gasteiger partial charge in [-0.15, -0.1) is 0 Å². The largest absolute Gasteiger partial charge is 0.303 e. The molecule has 58 valence electrons. The van der Waals surface area contributed by atoms with Gasteiger partial charge >= 0.3 is 0 Å². The summed E-state index contributed by atoms with van der Waals surface area (Å²) in [4.78, 5) is 10.5. The third kappa shape index (κ3) is 0.875. The van der Waals surface area contributed by atoms with Crippen LogP contribution in [0.5, 0.6) is 0 Å². The molecule has 0 aromatic carbocycles. The van der Waals surface area contributed by atoms with E-state index in [2.05, 4.69) is 6.07 Å². The van der Waals surface area contributed by atoms with Gasteiger partial charge in [0, 0.05) is 11.8 Å². The van der Waals surface area contributed by atoms with Gasteiger partial charge in [0.25, 0.3) is 0 Å². The Morgan fingerprint density at radius 2 is 2.09 bits per heavy atom. The predicted octanol–water partition coefficient (Wildman–Crippen LogP) is 1.37. The van der Waals surface area contributed by atoms with Crippen molar-refractivity contribution in [3.63, 3.8) is 0 Å². The number of hydrogen-bond acceptors (Lipinski definition) is 2. The van der Waals surface area contributed by atoms with Crippen molar-refractivity contribution in [1.29, 1.82) is 5.26 Å². The summed E-state index contributed by atoms with van der Waals surface area (Å²) in [5.74, 6) is 1.63. The maximum Gasteiger partial charge on any atom is 0.123 e. The van der Waals surface area contributed by atoms with Crippen molar-refractivity contribution < 1.29 is 4.79 Å². The number of nitrogens with zero attached hydrogens (tertiary/aromatic N) is 1. The molecule has 0 heterocycles. The molecular formula is C9H11NO. The zero-order chi connectivity index (χ0) is 7.84. The molecule has 0 amide bonds. The van der Waals surface area contributed by atoms with Crippen molar-refractivity contribution in [3.05, 3.63) is 0 Å². The quantitative estimate of drug-likeness (QED) is 0.528. The number of carbonyl (C=O) groups excluding carboxylic acids is 1. The Kier molecular flexibility index (Phi) is 1.45. The van der Waals surface area contributed by atoms with E-state index in [1.54, 1.807) is 0 Å². The van der Waals surface area contributed by atoms with Crippen LogP contribution in [0.3, 0.4) is 0 Å². The minimum Gasteiger partial charge on any atom is -0.303 e. The first kappa shape index (κ1) is 6.84. The summed E-state index contributed by atoms with van der Waals surface area (Å²) >= 11 is 0. The fraction of sp³-hybridized carbons (Fsp3) is 0.778. The summed E-state index contributed by atoms with van der Waals surface area (Å²) in [7, 11) is 0. The van der Waals surface area contributed by atoms with E-state index in [-0.39, 0.29) is 11.8 Å². The Morgan fingerprint density at radius 1 is 1.27 bits per heavy atom. The van der Waals surface area contributed by atoms with Crippen LogP contribution < -0.4 is 0 Å². The third-order valence-electron chi connectivity index (χ3n) is 3.25. The molecule has 0 aliphatic heterocycles. The van der Waals surface area contributed by atoms with Crippen LogP contribution in [0.2, 0.25) is 0 Å². The molecule has 2 rings (SSSR count). The Morgan fingerprint density at radius 3 is 2.55 bits per heavy atom. The molecular weight excluding hydrogens is 138 g/mol. The van der Waals surface area contributed by atoms with Gasteiger partial charge in [-0.1, -0.05) is 0 Å². The third-order valence-corrected chi connectivity index (χ3v) is 3.25. The smallest absolute Gasteiger partial charge is 0.123 e. The van der Waals surface area contributed by atoms with Gasteiger partial charge in [-0.05, 0) is 31.1 Å². The molecule has 0 spiro atoms. The van der Waals surface area contributed by atoms with Crippen LogP contribution in [-0.2, 0) is 4.79 Å². The number of carbonyl (C=O) groups is 1. The summed E-state index contributed by atoms with van der Waals surface area (Å²) in [6.07, 6.45) is 4.16. The van der Waals surface area contributed by atoms with Crippen LogP contribution in [0.25, 0.3) is 0 Å². The van der Waals surface area contributed by atoms with Gasteiger partial charge in [-0.25, -0.2) is 0 Å². The lowest BCUT2D eigenvalue weighted by Gasteiger charge is -2.18. The zero-order valence-corrected chi connectivity index (χ0v) is 6.36. The van der Waals surface area contributed by atoms with Gasteiger partial charge < -0.3 is 4.79 Å². The van der Waals surface area contributed by atoms with Crippen LogP contribution >= 0.6 is 0 Å². The zero-order valence-electron chi connectivity index (χ0n) is 6.36. The van der Waals surface area contributed by atoms with Gasteiger partial charge in [-0.2, -0.15) is 5.26 Å². The van der Waals surface area contributed by atoms with Gasteiger partial charge in [-0.3, -0.25) is 0 Å². The molecule has 0 N–H and O–H groups in total. The molecule has 0 aromatic rings. The molecule has 2 aliphatic rings. The highest BCUT2D eigenvalue weighted by molar-refractivity contribution is 5.55. The lowest BCUT2D eigenvalue weighted by molar-refractivity contribution is -0.112. The SMILES string of the molecule is N#C[C@@H]1C[C@H]2C[C@H]1C[C@H]2C=O. The van der Waals surface area contributed by atoms with Gasteiger partial charge in [0.1, 0.15) is 6.29 Å². The molecule has 2 heteroatoms. The van der Waals surface area contributed by atoms with Gasteiger partial charge in [0.05, 0.1) is 6.07 Å². The minimum absolute atomic E-state index is 0.260. The monoisotopic (exact) mass is 149 g/mol. The van der Waals surface area contributed by atoms with Crippen molar-refractivity contribution in [2.75, 3.05) is 0 Å². The van der Waals surface area contributed by atoms with E-state index < -0.39 is 0 Å². The lowest BCUT2D eigenvalue weighted by atomic mass is 9.84. The Balaban J connectivity index is 2.09. The van der Waals surface area contributed by atoms with Crippen LogP contribution in [0.1, 0.15) is 19.3 Å². The van der Waals surface area contributed by atoms with E-state index in [4.69, 9.17) is 5.26 Å². The molecule has 2 nitrogen and oxygen atoms in total. The summed E-state index contributed by atoms with van der Waals surface area (Å²) in [5.41, 5.74) is 0. The van der Waals surface area contributed by atoms with E-state index in [0.29, 0.717) is 11.8 Å². The number of hydrogen-bond donors (Lipinski definition) is 0. The second-order valence-electron chi connectivity index (χ2n) is 3.76. The summed E-state index contributed by atoms with van der Waals surface area (Å²) in [6.45, 7) is 0. The molecule has 2 saturated carbocycles. The van der Waals surface area contributed by atoms with E-state index in [1.165, 1.54) is 0 Å². The first-order chi connectivity index (χ1) is 5.35. The van der Waals surface area contributed by atoms with Crippen molar-refractivity contribution in [2.45, 2.75) is 19.3 Å². The van der Waals surface area contributed by atoms with Gasteiger partial charge in [0.15, 0.2) is 0 Å². The van der Waals surface area contributed by atoms with Crippen LogP contribution in [-0.4, -0.2) is 6.29 Å².